The minimum absolute atomic E-state index is 0. The van der Waals surface area contributed by atoms with Crippen molar-refractivity contribution in [1.29, 1.82) is 0 Å². The third-order valence-corrected chi connectivity index (χ3v) is 3.00. The fraction of sp³-hybridized carbons (Fsp3) is 0.286. The second-order valence-electron chi connectivity index (χ2n) is 4.22. The number of ketones is 1. The van der Waals surface area contributed by atoms with Gasteiger partial charge in [-0.2, -0.15) is 0 Å². The maximum absolute atomic E-state index is 11.6. The van der Waals surface area contributed by atoms with Crippen LogP contribution in [-0.2, 0) is 0 Å². The number of benzene rings is 1. The maximum Gasteiger partial charge on any atom is 0.161 e. The normalized spacial score (nSPS) is 10.1. The lowest BCUT2D eigenvalue weighted by Crippen LogP contribution is -2.04. The molecule has 2 nitrogen and oxygen atoms in total. The predicted octanol–water partition coefficient (Wildman–Crippen LogP) is 3.78. The summed E-state index contributed by atoms with van der Waals surface area (Å²) in [5, 5.41) is 1.11. The van der Waals surface area contributed by atoms with E-state index in [0.717, 1.165) is 27.7 Å². The molecule has 2 aromatic rings. The molecule has 2 rings (SSSR count). The van der Waals surface area contributed by atoms with Gasteiger partial charge in [0.05, 0.1) is 5.52 Å². The van der Waals surface area contributed by atoms with E-state index in [1.165, 1.54) is 5.56 Å². The molecular formula is C14H16ClNO. The number of rotatable bonds is 1. The Labute approximate surface area is 107 Å². The van der Waals surface area contributed by atoms with Gasteiger partial charge in [0.1, 0.15) is 0 Å². The first-order chi connectivity index (χ1) is 7.52. The highest BCUT2D eigenvalue weighted by molar-refractivity contribution is 6.01. The highest BCUT2D eigenvalue weighted by Gasteiger charge is 2.13. The highest BCUT2D eigenvalue weighted by atomic mass is 35.5. The number of carbonyl (C=O) groups excluding carboxylic acids is 1. The lowest BCUT2D eigenvalue weighted by Gasteiger charge is -2.11. The monoisotopic (exact) mass is 249 g/mol. The average molecular weight is 250 g/mol. The van der Waals surface area contributed by atoms with Gasteiger partial charge < -0.3 is 0 Å². The van der Waals surface area contributed by atoms with Gasteiger partial charge in [-0.3, -0.25) is 9.78 Å². The Morgan fingerprint density at radius 2 is 1.82 bits per heavy atom. The minimum Gasteiger partial charge on any atom is -0.294 e. The van der Waals surface area contributed by atoms with Crippen LogP contribution in [0.25, 0.3) is 10.9 Å². The highest BCUT2D eigenvalue weighted by Crippen LogP contribution is 2.25. The molecule has 1 heterocycles. The van der Waals surface area contributed by atoms with Crippen molar-refractivity contribution in [1.82, 2.24) is 4.98 Å². The van der Waals surface area contributed by atoms with Crippen LogP contribution in [0.15, 0.2) is 18.2 Å². The van der Waals surface area contributed by atoms with Crippen LogP contribution in [0.3, 0.4) is 0 Å². The first kappa shape index (κ1) is 13.7. The molecule has 0 aliphatic carbocycles. The third-order valence-electron chi connectivity index (χ3n) is 3.00. The van der Waals surface area contributed by atoms with Crippen LogP contribution in [0.1, 0.15) is 34.1 Å². The van der Waals surface area contributed by atoms with Crippen LogP contribution in [-0.4, -0.2) is 10.8 Å². The summed E-state index contributed by atoms with van der Waals surface area (Å²) in [7, 11) is 0. The van der Waals surface area contributed by atoms with E-state index in [-0.39, 0.29) is 18.2 Å². The van der Waals surface area contributed by atoms with Crippen molar-refractivity contribution < 1.29 is 4.79 Å². The third kappa shape index (κ3) is 2.18. The number of fused-ring (bicyclic) bond motifs is 1. The smallest absolute Gasteiger partial charge is 0.161 e. The molecule has 0 fully saturated rings. The van der Waals surface area contributed by atoms with Gasteiger partial charge in [0, 0.05) is 16.6 Å². The van der Waals surface area contributed by atoms with E-state index in [0.29, 0.717) is 0 Å². The summed E-state index contributed by atoms with van der Waals surface area (Å²) in [4.78, 5) is 16.1. The second-order valence-corrected chi connectivity index (χ2v) is 4.22. The van der Waals surface area contributed by atoms with Crippen molar-refractivity contribution >= 4 is 29.1 Å². The van der Waals surface area contributed by atoms with Gasteiger partial charge >= 0.3 is 0 Å². The van der Waals surface area contributed by atoms with Crippen LogP contribution in [0.2, 0.25) is 0 Å². The van der Waals surface area contributed by atoms with Crippen LogP contribution in [0.4, 0.5) is 0 Å². The standard InChI is InChI=1S/C14H15NO.ClH/c1-8-6-5-7-12-13(8)9(2)14(11(4)16)10(3)15-12;/h5-7H,1-4H3;1H. The first-order valence-electron chi connectivity index (χ1n) is 5.40. The minimum atomic E-state index is 0. The summed E-state index contributed by atoms with van der Waals surface area (Å²) in [6.07, 6.45) is 0. The number of aryl methyl sites for hydroxylation is 3. The molecule has 17 heavy (non-hydrogen) atoms. The van der Waals surface area contributed by atoms with E-state index in [4.69, 9.17) is 0 Å². The molecule has 1 aromatic carbocycles. The number of halogens is 1. The Morgan fingerprint density at radius 1 is 1.18 bits per heavy atom. The molecule has 0 atom stereocenters. The number of nitrogens with zero attached hydrogens (tertiary/aromatic N) is 1. The fourth-order valence-electron chi connectivity index (χ4n) is 2.39. The van der Waals surface area contributed by atoms with Crippen LogP contribution < -0.4 is 0 Å². The fourth-order valence-corrected chi connectivity index (χ4v) is 2.39. The Morgan fingerprint density at radius 3 is 2.41 bits per heavy atom. The largest absolute Gasteiger partial charge is 0.294 e. The van der Waals surface area contributed by atoms with Crippen molar-refractivity contribution in [2.24, 2.45) is 0 Å². The topological polar surface area (TPSA) is 30.0 Å². The summed E-state index contributed by atoms with van der Waals surface area (Å²) in [5.41, 5.74) is 4.78. The average Bonchev–Trinajstić information content (AvgIpc) is 2.15. The molecule has 1 aromatic heterocycles. The molecule has 0 aliphatic rings. The molecular weight excluding hydrogens is 234 g/mol. The predicted molar refractivity (Wildman–Crippen MR) is 73.2 cm³/mol. The summed E-state index contributed by atoms with van der Waals surface area (Å²) in [6, 6.07) is 6.04. The van der Waals surface area contributed by atoms with Gasteiger partial charge in [-0.25, -0.2) is 0 Å². The number of hydrogen-bond acceptors (Lipinski definition) is 2. The van der Waals surface area contributed by atoms with Gasteiger partial charge in [-0.05, 0) is 44.9 Å². The zero-order chi connectivity index (χ0) is 11.9. The van der Waals surface area contributed by atoms with Gasteiger partial charge in [0.2, 0.25) is 0 Å². The molecule has 0 saturated heterocycles. The molecule has 0 aliphatic heterocycles. The Hall–Kier alpha value is -1.41. The Balaban J connectivity index is 0.00000144. The van der Waals surface area contributed by atoms with Crippen molar-refractivity contribution in [2.75, 3.05) is 0 Å². The van der Waals surface area contributed by atoms with Gasteiger partial charge in [0.15, 0.2) is 5.78 Å². The van der Waals surface area contributed by atoms with E-state index in [1.807, 2.05) is 26.0 Å². The summed E-state index contributed by atoms with van der Waals surface area (Å²) < 4.78 is 0. The van der Waals surface area contributed by atoms with Crippen LogP contribution in [0, 0.1) is 20.8 Å². The molecule has 0 bridgehead atoms. The number of carbonyl (C=O) groups is 1. The number of hydrogen-bond donors (Lipinski definition) is 0. The van der Waals surface area contributed by atoms with Crippen molar-refractivity contribution in [2.45, 2.75) is 27.7 Å². The number of aromatic nitrogens is 1. The maximum atomic E-state index is 11.6. The Kier molecular flexibility index (Phi) is 3.89. The molecule has 90 valence electrons. The molecule has 0 N–H and O–H groups in total. The van der Waals surface area contributed by atoms with E-state index >= 15 is 0 Å². The molecule has 0 radical (unpaired) electrons. The number of Topliss-reactive ketones (excluding diaryl/α,β-unsaturated/α-hetero) is 1. The van der Waals surface area contributed by atoms with E-state index in [2.05, 4.69) is 18.0 Å². The molecule has 0 spiro atoms. The lowest BCUT2D eigenvalue weighted by atomic mass is 9.97. The molecule has 0 amide bonds. The zero-order valence-corrected chi connectivity index (χ0v) is 11.3. The number of pyridine rings is 1. The second kappa shape index (κ2) is 4.84. The van der Waals surface area contributed by atoms with E-state index in [1.54, 1.807) is 6.92 Å². The zero-order valence-electron chi connectivity index (χ0n) is 10.5. The van der Waals surface area contributed by atoms with Crippen molar-refractivity contribution in [3.8, 4) is 0 Å². The van der Waals surface area contributed by atoms with Gasteiger partial charge in [-0.15, -0.1) is 12.4 Å². The van der Waals surface area contributed by atoms with Gasteiger partial charge in [0.25, 0.3) is 0 Å². The summed E-state index contributed by atoms with van der Waals surface area (Å²) >= 11 is 0. The van der Waals surface area contributed by atoms with E-state index in [9.17, 15) is 4.79 Å². The van der Waals surface area contributed by atoms with Crippen LogP contribution in [0.5, 0.6) is 0 Å². The summed E-state index contributed by atoms with van der Waals surface area (Å²) in [6.45, 7) is 7.55. The molecule has 3 heteroatoms. The molecule has 0 saturated carbocycles. The van der Waals surface area contributed by atoms with Crippen molar-refractivity contribution in [3.63, 3.8) is 0 Å². The lowest BCUT2D eigenvalue weighted by molar-refractivity contribution is 0.101. The van der Waals surface area contributed by atoms with Crippen LogP contribution >= 0.6 is 12.4 Å². The van der Waals surface area contributed by atoms with E-state index < -0.39 is 0 Å². The Bertz CT molecular complexity index is 590. The quantitative estimate of drug-likeness (QED) is 0.720. The van der Waals surface area contributed by atoms with Gasteiger partial charge in [-0.1, -0.05) is 12.1 Å². The summed E-state index contributed by atoms with van der Waals surface area (Å²) in [5.74, 6) is 0.0904. The first-order valence-corrected chi connectivity index (χ1v) is 5.40. The molecule has 0 unspecified atom stereocenters. The van der Waals surface area contributed by atoms with Crippen molar-refractivity contribution in [3.05, 3.63) is 40.6 Å². The SMILES string of the molecule is CC(=O)c1c(C)nc2cccc(C)c2c1C.Cl.